The summed E-state index contributed by atoms with van der Waals surface area (Å²) in [5, 5.41) is 3.31. The standard InChI is InChI=1S/C13H15N3/c1-10-2-4-12(5-3-10)16-9-11-8-15-7-6-13(11)14/h2-8,16H,9H2,1H3,(H2,14,15). The average Bonchev–Trinajstić information content (AvgIpc) is 2.30. The van der Waals surface area contributed by atoms with E-state index >= 15 is 0 Å². The lowest BCUT2D eigenvalue weighted by molar-refractivity contribution is 1.12. The van der Waals surface area contributed by atoms with E-state index in [2.05, 4.69) is 41.5 Å². The first-order valence-corrected chi connectivity index (χ1v) is 5.24. The molecule has 0 fully saturated rings. The zero-order chi connectivity index (χ0) is 11.4. The van der Waals surface area contributed by atoms with Crippen LogP contribution in [0.1, 0.15) is 11.1 Å². The Morgan fingerprint density at radius 2 is 1.94 bits per heavy atom. The maximum atomic E-state index is 5.83. The van der Waals surface area contributed by atoms with Crippen LogP contribution < -0.4 is 11.1 Å². The van der Waals surface area contributed by atoms with Crippen LogP contribution in [0, 0.1) is 6.92 Å². The SMILES string of the molecule is Cc1ccc(NCc2cnccc2N)cc1. The number of aromatic nitrogens is 1. The van der Waals surface area contributed by atoms with E-state index in [9.17, 15) is 0 Å². The van der Waals surface area contributed by atoms with Gasteiger partial charge < -0.3 is 11.1 Å². The second kappa shape index (κ2) is 4.66. The Morgan fingerprint density at radius 1 is 1.19 bits per heavy atom. The molecular weight excluding hydrogens is 198 g/mol. The number of nitrogens with two attached hydrogens (primary N) is 1. The summed E-state index contributed by atoms with van der Waals surface area (Å²) in [5.41, 5.74) is 9.97. The van der Waals surface area contributed by atoms with Gasteiger partial charge in [0.15, 0.2) is 0 Å². The summed E-state index contributed by atoms with van der Waals surface area (Å²) in [7, 11) is 0. The fraction of sp³-hybridized carbons (Fsp3) is 0.154. The highest BCUT2D eigenvalue weighted by Crippen LogP contribution is 2.13. The number of anilines is 2. The molecule has 2 rings (SSSR count). The van der Waals surface area contributed by atoms with Gasteiger partial charge in [-0.15, -0.1) is 0 Å². The summed E-state index contributed by atoms with van der Waals surface area (Å²) < 4.78 is 0. The van der Waals surface area contributed by atoms with Gasteiger partial charge in [-0.1, -0.05) is 17.7 Å². The first kappa shape index (κ1) is 10.5. The van der Waals surface area contributed by atoms with Gasteiger partial charge in [-0.05, 0) is 25.1 Å². The van der Waals surface area contributed by atoms with Crippen molar-refractivity contribution in [3.63, 3.8) is 0 Å². The second-order valence-electron chi connectivity index (χ2n) is 3.79. The van der Waals surface area contributed by atoms with E-state index in [-0.39, 0.29) is 0 Å². The minimum Gasteiger partial charge on any atom is -0.398 e. The number of nitrogens with one attached hydrogen (secondary N) is 1. The fourth-order valence-corrected chi connectivity index (χ4v) is 1.45. The smallest absolute Gasteiger partial charge is 0.0436 e. The molecule has 0 bridgehead atoms. The van der Waals surface area contributed by atoms with Crippen molar-refractivity contribution in [2.24, 2.45) is 0 Å². The number of pyridine rings is 1. The Morgan fingerprint density at radius 3 is 2.62 bits per heavy atom. The third-order valence-electron chi connectivity index (χ3n) is 2.48. The van der Waals surface area contributed by atoms with Crippen molar-refractivity contribution < 1.29 is 0 Å². The van der Waals surface area contributed by atoms with Crippen molar-refractivity contribution in [2.45, 2.75) is 13.5 Å². The number of nitrogen functional groups attached to an aromatic ring is 1. The van der Waals surface area contributed by atoms with Crippen LogP contribution in [0.2, 0.25) is 0 Å². The van der Waals surface area contributed by atoms with Gasteiger partial charge in [0.2, 0.25) is 0 Å². The third kappa shape index (κ3) is 2.51. The maximum Gasteiger partial charge on any atom is 0.0436 e. The minimum absolute atomic E-state index is 0.697. The summed E-state index contributed by atoms with van der Waals surface area (Å²) in [5.74, 6) is 0. The molecule has 3 nitrogen and oxygen atoms in total. The lowest BCUT2D eigenvalue weighted by atomic mass is 10.2. The zero-order valence-electron chi connectivity index (χ0n) is 9.27. The summed E-state index contributed by atoms with van der Waals surface area (Å²) in [6.45, 7) is 2.77. The molecule has 1 aromatic carbocycles. The van der Waals surface area contributed by atoms with E-state index < -0.39 is 0 Å². The van der Waals surface area contributed by atoms with Crippen LogP contribution >= 0.6 is 0 Å². The van der Waals surface area contributed by atoms with Crippen molar-refractivity contribution in [2.75, 3.05) is 11.1 Å². The molecule has 0 saturated heterocycles. The lowest BCUT2D eigenvalue weighted by Crippen LogP contribution is -2.03. The van der Waals surface area contributed by atoms with Crippen LogP contribution in [0.5, 0.6) is 0 Å². The Balaban J connectivity index is 2.02. The van der Waals surface area contributed by atoms with Crippen molar-refractivity contribution in [3.05, 3.63) is 53.9 Å². The molecule has 0 aliphatic carbocycles. The topological polar surface area (TPSA) is 50.9 Å². The Labute approximate surface area is 95.3 Å². The molecule has 0 atom stereocenters. The summed E-state index contributed by atoms with van der Waals surface area (Å²) in [6, 6.07) is 10.1. The largest absolute Gasteiger partial charge is 0.398 e. The van der Waals surface area contributed by atoms with Gasteiger partial charge in [-0.2, -0.15) is 0 Å². The normalized spacial score (nSPS) is 10.1. The molecule has 0 radical (unpaired) electrons. The van der Waals surface area contributed by atoms with Crippen molar-refractivity contribution in [3.8, 4) is 0 Å². The van der Waals surface area contributed by atoms with Gasteiger partial charge in [-0.3, -0.25) is 4.98 Å². The first-order chi connectivity index (χ1) is 7.75. The average molecular weight is 213 g/mol. The van der Waals surface area contributed by atoms with Crippen LogP contribution in [0.4, 0.5) is 11.4 Å². The zero-order valence-corrected chi connectivity index (χ0v) is 9.27. The molecule has 3 N–H and O–H groups in total. The number of hydrogen-bond donors (Lipinski definition) is 2. The van der Waals surface area contributed by atoms with Crippen LogP contribution in [-0.2, 0) is 6.54 Å². The highest BCUT2D eigenvalue weighted by molar-refractivity contribution is 5.49. The predicted molar refractivity (Wildman–Crippen MR) is 67.2 cm³/mol. The van der Waals surface area contributed by atoms with E-state index in [4.69, 9.17) is 5.73 Å². The van der Waals surface area contributed by atoms with Crippen LogP contribution in [0.25, 0.3) is 0 Å². The highest BCUT2D eigenvalue weighted by Gasteiger charge is 1.98. The van der Waals surface area contributed by atoms with E-state index in [1.54, 1.807) is 12.4 Å². The molecule has 0 saturated carbocycles. The first-order valence-electron chi connectivity index (χ1n) is 5.24. The molecule has 0 aliphatic rings. The summed E-state index contributed by atoms with van der Waals surface area (Å²) in [4.78, 5) is 4.05. The number of rotatable bonds is 3. The molecule has 0 aliphatic heterocycles. The number of nitrogens with zero attached hydrogens (tertiary/aromatic N) is 1. The molecule has 0 unspecified atom stereocenters. The van der Waals surface area contributed by atoms with E-state index in [0.29, 0.717) is 6.54 Å². The molecule has 3 heteroatoms. The van der Waals surface area contributed by atoms with Gasteiger partial charge in [0, 0.05) is 35.9 Å². The van der Waals surface area contributed by atoms with Gasteiger partial charge >= 0.3 is 0 Å². The van der Waals surface area contributed by atoms with E-state index in [0.717, 1.165) is 16.9 Å². The molecule has 82 valence electrons. The highest BCUT2D eigenvalue weighted by atomic mass is 14.9. The van der Waals surface area contributed by atoms with Crippen LogP contribution in [0.3, 0.4) is 0 Å². The Bertz CT molecular complexity index is 463. The molecule has 1 aromatic heterocycles. The van der Waals surface area contributed by atoms with Gasteiger partial charge in [0.1, 0.15) is 0 Å². The van der Waals surface area contributed by atoms with E-state index in [1.807, 2.05) is 6.07 Å². The fourth-order valence-electron chi connectivity index (χ4n) is 1.45. The minimum atomic E-state index is 0.697. The molecule has 0 amide bonds. The van der Waals surface area contributed by atoms with E-state index in [1.165, 1.54) is 5.56 Å². The number of benzene rings is 1. The van der Waals surface area contributed by atoms with Crippen molar-refractivity contribution in [1.82, 2.24) is 4.98 Å². The molecule has 16 heavy (non-hydrogen) atoms. The van der Waals surface area contributed by atoms with Gasteiger partial charge in [0.05, 0.1) is 0 Å². The molecular formula is C13H15N3. The molecule has 1 heterocycles. The Hall–Kier alpha value is -2.03. The summed E-state index contributed by atoms with van der Waals surface area (Å²) in [6.07, 6.45) is 3.49. The van der Waals surface area contributed by atoms with Gasteiger partial charge in [-0.25, -0.2) is 0 Å². The Kier molecular flexibility index (Phi) is 3.05. The monoisotopic (exact) mass is 213 g/mol. The lowest BCUT2D eigenvalue weighted by Gasteiger charge is -2.08. The molecule has 2 aromatic rings. The summed E-state index contributed by atoms with van der Waals surface area (Å²) >= 11 is 0. The van der Waals surface area contributed by atoms with Crippen LogP contribution in [0.15, 0.2) is 42.7 Å². The third-order valence-corrected chi connectivity index (χ3v) is 2.48. The van der Waals surface area contributed by atoms with Gasteiger partial charge in [0.25, 0.3) is 0 Å². The van der Waals surface area contributed by atoms with Crippen molar-refractivity contribution in [1.29, 1.82) is 0 Å². The van der Waals surface area contributed by atoms with Crippen molar-refractivity contribution >= 4 is 11.4 Å². The predicted octanol–water partition coefficient (Wildman–Crippen LogP) is 2.58. The number of aryl methyl sites for hydroxylation is 1. The number of hydrogen-bond acceptors (Lipinski definition) is 3. The second-order valence-corrected chi connectivity index (χ2v) is 3.79. The van der Waals surface area contributed by atoms with Crippen LogP contribution in [-0.4, -0.2) is 4.98 Å². The molecule has 0 spiro atoms. The maximum absolute atomic E-state index is 5.83. The quantitative estimate of drug-likeness (QED) is 0.824.